The van der Waals surface area contributed by atoms with Gasteiger partial charge in [-0.2, -0.15) is 9.98 Å². The Bertz CT molecular complexity index is 984. The van der Waals surface area contributed by atoms with Crippen molar-refractivity contribution >= 4 is 21.9 Å². The maximum atomic E-state index is 12.2. The van der Waals surface area contributed by atoms with E-state index in [-0.39, 0.29) is 17.0 Å². The van der Waals surface area contributed by atoms with Gasteiger partial charge in [-0.15, -0.1) is 0 Å². The second-order valence-corrected chi connectivity index (χ2v) is 7.50. The van der Waals surface area contributed by atoms with Crippen molar-refractivity contribution in [3.05, 3.63) is 65.7 Å². The fourth-order valence-electron chi connectivity index (χ4n) is 2.25. The van der Waals surface area contributed by atoms with Crippen LogP contribution >= 0.6 is 0 Å². The van der Waals surface area contributed by atoms with Crippen molar-refractivity contribution in [2.75, 3.05) is 6.54 Å². The molecule has 0 saturated carbocycles. The van der Waals surface area contributed by atoms with Gasteiger partial charge >= 0.3 is 5.97 Å². The largest absolute Gasteiger partial charge is 0.452 e. The van der Waals surface area contributed by atoms with Crippen molar-refractivity contribution in [3.8, 4) is 6.07 Å². The first-order chi connectivity index (χ1) is 13.3. The van der Waals surface area contributed by atoms with E-state index >= 15 is 0 Å². The number of carbonyl (C=O) groups excluding carboxylic acids is 2. The second-order valence-electron chi connectivity index (χ2n) is 5.77. The molecule has 0 spiro atoms. The summed E-state index contributed by atoms with van der Waals surface area (Å²) in [4.78, 5) is 23.6. The van der Waals surface area contributed by atoms with Crippen LogP contribution in [0.2, 0.25) is 0 Å². The molecule has 1 amide bonds. The minimum absolute atomic E-state index is 0.0444. The zero-order valence-electron chi connectivity index (χ0n) is 15.1. The fraction of sp³-hybridized carbons (Fsp3) is 0.211. The van der Waals surface area contributed by atoms with E-state index in [1.165, 1.54) is 31.2 Å². The summed E-state index contributed by atoms with van der Waals surface area (Å²) in [6.07, 6.45) is -1.09. The predicted octanol–water partition coefficient (Wildman–Crippen LogP) is 1.08. The number of amides is 1. The molecule has 0 heterocycles. The molecule has 2 aromatic rings. The van der Waals surface area contributed by atoms with Gasteiger partial charge in [0.15, 0.2) is 6.10 Å². The lowest BCUT2D eigenvalue weighted by atomic mass is 10.2. The van der Waals surface area contributed by atoms with Crippen molar-refractivity contribution in [1.29, 1.82) is 5.26 Å². The third kappa shape index (κ3) is 5.90. The van der Waals surface area contributed by atoms with Crippen LogP contribution < -0.4 is 10.0 Å². The number of esters is 1. The molecule has 146 valence electrons. The molecule has 0 bridgehead atoms. The van der Waals surface area contributed by atoms with Gasteiger partial charge in [-0.25, -0.2) is 8.42 Å². The lowest BCUT2D eigenvalue weighted by Crippen LogP contribution is -2.38. The van der Waals surface area contributed by atoms with Gasteiger partial charge in [0, 0.05) is 6.54 Å². The van der Waals surface area contributed by atoms with E-state index in [0.717, 1.165) is 5.56 Å². The normalized spacial score (nSPS) is 11.9. The number of carbonyl (C=O) groups is 2. The number of sulfonamides is 1. The molecule has 0 unspecified atom stereocenters. The van der Waals surface area contributed by atoms with Gasteiger partial charge < -0.3 is 10.1 Å². The first-order valence-corrected chi connectivity index (χ1v) is 9.81. The molecule has 0 fully saturated rings. The monoisotopic (exact) mass is 401 g/mol. The molecule has 2 N–H and O–H groups in total. The number of nitrogens with zero attached hydrogens (tertiary/aromatic N) is 1. The molecular weight excluding hydrogens is 382 g/mol. The van der Waals surface area contributed by atoms with E-state index in [1.807, 2.05) is 30.3 Å². The minimum atomic E-state index is -4.07. The molecule has 0 radical (unpaired) electrons. The molecule has 8 nitrogen and oxygen atoms in total. The van der Waals surface area contributed by atoms with E-state index in [1.54, 1.807) is 6.07 Å². The second kappa shape index (κ2) is 9.64. The Morgan fingerprint density at radius 1 is 1.11 bits per heavy atom. The van der Waals surface area contributed by atoms with Crippen LogP contribution in [0.4, 0.5) is 0 Å². The Morgan fingerprint density at radius 2 is 1.75 bits per heavy atom. The van der Waals surface area contributed by atoms with Crippen LogP contribution in [-0.4, -0.2) is 32.9 Å². The SMILES string of the molecule is C[C@H](OC(=O)CNS(=O)(=O)c1ccccc1C#N)C(=O)NCc1ccccc1. The topological polar surface area (TPSA) is 125 Å². The van der Waals surface area contributed by atoms with Crippen LogP contribution in [0.1, 0.15) is 18.1 Å². The summed E-state index contributed by atoms with van der Waals surface area (Å²) < 4.78 is 31.5. The first-order valence-electron chi connectivity index (χ1n) is 8.33. The molecule has 0 aliphatic carbocycles. The van der Waals surface area contributed by atoms with Gasteiger partial charge in [-0.3, -0.25) is 9.59 Å². The van der Waals surface area contributed by atoms with Crippen LogP contribution in [0, 0.1) is 11.3 Å². The number of nitrogens with one attached hydrogen (secondary N) is 2. The zero-order valence-corrected chi connectivity index (χ0v) is 15.9. The lowest BCUT2D eigenvalue weighted by Gasteiger charge is -2.14. The molecule has 28 heavy (non-hydrogen) atoms. The highest BCUT2D eigenvalue weighted by Crippen LogP contribution is 2.13. The third-order valence-electron chi connectivity index (χ3n) is 3.69. The van der Waals surface area contributed by atoms with Crippen molar-refractivity contribution in [1.82, 2.24) is 10.0 Å². The lowest BCUT2D eigenvalue weighted by molar-refractivity contribution is -0.153. The number of nitriles is 1. The van der Waals surface area contributed by atoms with E-state index in [2.05, 4.69) is 10.0 Å². The number of hydrogen-bond donors (Lipinski definition) is 2. The van der Waals surface area contributed by atoms with E-state index in [9.17, 15) is 18.0 Å². The average Bonchev–Trinajstić information content (AvgIpc) is 2.71. The van der Waals surface area contributed by atoms with Gasteiger partial charge in [0.05, 0.1) is 10.5 Å². The standard InChI is InChI=1S/C19H19N3O5S/c1-14(19(24)21-12-15-7-3-2-4-8-15)27-18(23)13-22-28(25,26)17-10-6-5-9-16(17)11-20/h2-10,14,22H,12-13H2,1H3,(H,21,24)/t14-/m0/s1. The van der Waals surface area contributed by atoms with Crippen LogP contribution in [0.25, 0.3) is 0 Å². The molecule has 9 heteroatoms. The Labute approximate surface area is 163 Å². The van der Waals surface area contributed by atoms with Crippen molar-refractivity contribution in [2.45, 2.75) is 24.5 Å². The van der Waals surface area contributed by atoms with Gasteiger partial charge in [0.25, 0.3) is 5.91 Å². The first kappa shape index (κ1) is 21.1. The molecule has 2 aromatic carbocycles. The zero-order chi connectivity index (χ0) is 20.6. The van der Waals surface area contributed by atoms with E-state index in [4.69, 9.17) is 10.00 Å². The molecule has 0 aromatic heterocycles. The average molecular weight is 401 g/mol. The Morgan fingerprint density at radius 3 is 2.43 bits per heavy atom. The van der Waals surface area contributed by atoms with E-state index in [0.29, 0.717) is 0 Å². The molecule has 2 rings (SSSR count). The molecule has 1 atom stereocenters. The fourth-order valence-corrected chi connectivity index (χ4v) is 3.37. The third-order valence-corrected chi connectivity index (χ3v) is 5.15. The number of ether oxygens (including phenoxy) is 1. The van der Waals surface area contributed by atoms with Crippen LogP contribution in [0.3, 0.4) is 0 Å². The van der Waals surface area contributed by atoms with Gasteiger partial charge in [-0.05, 0) is 24.6 Å². The maximum absolute atomic E-state index is 12.2. The number of benzene rings is 2. The quantitative estimate of drug-likeness (QED) is 0.638. The van der Waals surface area contributed by atoms with Crippen LogP contribution in [-0.2, 0) is 30.9 Å². The van der Waals surface area contributed by atoms with Gasteiger partial charge in [-0.1, -0.05) is 42.5 Å². The molecule has 0 aliphatic heterocycles. The van der Waals surface area contributed by atoms with Crippen molar-refractivity contribution in [3.63, 3.8) is 0 Å². The minimum Gasteiger partial charge on any atom is -0.452 e. The highest BCUT2D eigenvalue weighted by Gasteiger charge is 2.22. The molecule has 0 aliphatic rings. The van der Waals surface area contributed by atoms with Crippen LogP contribution in [0.5, 0.6) is 0 Å². The summed E-state index contributed by atoms with van der Waals surface area (Å²) in [5.41, 5.74) is 0.843. The van der Waals surface area contributed by atoms with Gasteiger partial charge in [0.2, 0.25) is 10.0 Å². The highest BCUT2D eigenvalue weighted by molar-refractivity contribution is 7.89. The van der Waals surface area contributed by atoms with Crippen molar-refractivity contribution in [2.24, 2.45) is 0 Å². The summed E-state index contributed by atoms with van der Waals surface area (Å²) in [6, 6.07) is 16.6. The highest BCUT2D eigenvalue weighted by atomic mass is 32.2. The van der Waals surface area contributed by atoms with Gasteiger partial charge in [0.1, 0.15) is 12.6 Å². The summed E-state index contributed by atoms with van der Waals surface area (Å²) in [5, 5.41) is 11.6. The Balaban J connectivity index is 1.86. The summed E-state index contributed by atoms with van der Waals surface area (Å²) in [7, 11) is -4.07. The Hall–Kier alpha value is -3.22. The number of hydrogen-bond acceptors (Lipinski definition) is 6. The van der Waals surface area contributed by atoms with Crippen LogP contribution in [0.15, 0.2) is 59.5 Å². The summed E-state index contributed by atoms with van der Waals surface area (Å²) in [6.45, 7) is 0.995. The molecule has 0 saturated heterocycles. The van der Waals surface area contributed by atoms with E-state index < -0.39 is 34.5 Å². The maximum Gasteiger partial charge on any atom is 0.321 e. The smallest absolute Gasteiger partial charge is 0.321 e. The molecular formula is C19H19N3O5S. The summed E-state index contributed by atoms with van der Waals surface area (Å²) >= 11 is 0. The predicted molar refractivity (Wildman–Crippen MR) is 100 cm³/mol. The Kier molecular flexibility index (Phi) is 7.26. The summed E-state index contributed by atoms with van der Waals surface area (Å²) in [5.74, 6) is -1.42. The number of rotatable bonds is 8. The van der Waals surface area contributed by atoms with Crippen molar-refractivity contribution < 1.29 is 22.7 Å².